The smallest absolute Gasteiger partial charge is 0.244 e. The van der Waals surface area contributed by atoms with Gasteiger partial charge in [-0.15, -0.1) is 24.8 Å². The zero-order valence-corrected chi connectivity index (χ0v) is 17.4. The number of hydrogen-bond donors (Lipinski definition) is 1. The van der Waals surface area contributed by atoms with Crippen LogP contribution in [-0.2, 0) is 9.59 Å². The van der Waals surface area contributed by atoms with Crippen molar-refractivity contribution in [2.24, 2.45) is 5.73 Å². The summed E-state index contributed by atoms with van der Waals surface area (Å²) < 4.78 is 0. The third-order valence-corrected chi connectivity index (χ3v) is 5.20. The molecule has 2 fully saturated rings. The molecule has 0 radical (unpaired) electrons. The SMILES string of the molecule is Cc1ccc(C(N)C(=O)N2CCN(CC(=O)N3CCCC3)CC2)cc1.Cl.Cl. The molecular weight excluding hydrogens is 387 g/mol. The van der Waals surface area contributed by atoms with Crippen LogP contribution < -0.4 is 5.73 Å². The van der Waals surface area contributed by atoms with Gasteiger partial charge in [0, 0.05) is 39.3 Å². The van der Waals surface area contributed by atoms with Crippen molar-refractivity contribution >= 4 is 36.6 Å². The summed E-state index contributed by atoms with van der Waals surface area (Å²) in [5, 5.41) is 0. The molecule has 8 heteroatoms. The molecule has 27 heavy (non-hydrogen) atoms. The number of halogens is 2. The molecule has 2 saturated heterocycles. The first kappa shape index (κ1) is 23.7. The van der Waals surface area contributed by atoms with E-state index < -0.39 is 6.04 Å². The zero-order chi connectivity index (χ0) is 17.8. The molecule has 0 saturated carbocycles. The molecule has 1 aromatic carbocycles. The minimum absolute atomic E-state index is 0. The second kappa shape index (κ2) is 10.9. The van der Waals surface area contributed by atoms with E-state index in [0.29, 0.717) is 19.6 Å². The second-order valence-electron chi connectivity index (χ2n) is 7.08. The highest BCUT2D eigenvalue weighted by Gasteiger charge is 2.28. The maximum absolute atomic E-state index is 12.6. The Balaban J connectivity index is 0.00000182. The fourth-order valence-electron chi connectivity index (χ4n) is 3.50. The van der Waals surface area contributed by atoms with Crippen LogP contribution in [0.2, 0.25) is 0 Å². The molecule has 2 N–H and O–H groups in total. The number of carbonyl (C=O) groups is 2. The van der Waals surface area contributed by atoms with Gasteiger partial charge in [-0.05, 0) is 25.3 Å². The van der Waals surface area contributed by atoms with Gasteiger partial charge in [-0.1, -0.05) is 29.8 Å². The van der Waals surface area contributed by atoms with Crippen LogP contribution in [0, 0.1) is 6.92 Å². The van der Waals surface area contributed by atoms with E-state index in [1.165, 1.54) is 0 Å². The molecule has 2 aliphatic rings. The third kappa shape index (κ3) is 6.07. The van der Waals surface area contributed by atoms with Crippen molar-refractivity contribution in [3.8, 4) is 0 Å². The van der Waals surface area contributed by atoms with Gasteiger partial charge in [0.15, 0.2) is 0 Å². The summed E-state index contributed by atoms with van der Waals surface area (Å²) in [7, 11) is 0. The Morgan fingerprint density at radius 3 is 2.04 bits per heavy atom. The number of carbonyl (C=O) groups excluding carboxylic acids is 2. The summed E-state index contributed by atoms with van der Waals surface area (Å²) in [6.45, 7) is 6.98. The van der Waals surface area contributed by atoms with Crippen LogP contribution in [0.1, 0.15) is 30.0 Å². The van der Waals surface area contributed by atoms with Crippen LogP contribution in [0.25, 0.3) is 0 Å². The van der Waals surface area contributed by atoms with Gasteiger partial charge in [0.1, 0.15) is 6.04 Å². The summed E-state index contributed by atoms with van der Waals surface area (Å²) in [5.74, 6) is 0.183. The zero-order valence-electron chi connectivity index (χ0n) is 15.8. The lowest BCUT2D eigenvalue weighted by molar-refractivity contribution is -0.135. The molecule has 2 aliphatic heterocycles. The monoisotopic (exact) mass is 416 g/mol. The van der Waals surface area contributed by atoms with E-state index in [4.69, 9.17) is 5.73 Å². The number of rotatable bonds is 4. The van der Waals surface area contributed by atoms with Crippen LogP contribution >= 0.6 is 24.8 Å². The normalized spacial score (nSPS) is 18.4. The predicted octanol–water partition coefficient (Wildman–Crippen LogP) is 1.61. The Hall–Kier alpha value is -1.34. The standard InChI is InChI=1S/C19H28N4O2.2ClH/c1-15-4-6-16(7-5-15)18(20)19(25)23-12-10-21(11-13-23)14-17(24)22-8-2-3-9-22;;/h4-7,18H,2-3,8-14,20H2,1H3;2*1H. The average molecular weight is 417 g/mol. The molecular formula is C19H30Cl2N4O2. The van der Waals surface area contributed by atoms with Gasteiger partial charge in [0.2, 0.25) is 11.8 Å². The van der Waals surface area contributed by atoms with Gasteiger partial charge in [0.05, 0.1) is 6.54 Å². The largest absolute Gasteiger partial charge is 0.342 e. The molecule has 1 atom stereocenters. The lowest BCUT2D eigenvalue weighted by Gasteiger charge is -2.36. The van der Waals surface area contributed by atoms with Gasteiger partial charge in [-0.3, -0.25) is 14.5 Å². The number of aryl methyl sites for hydroxylation is 1. The van der Waals surface area contributed by atoms with E-state index in [-0.39, 0.29) is 36.6 Å². The molecule has 1 unspecified atom stereocenters. The van der Waals surface area contributed by atoms with E-state index in [1.807, 2.05) is 41.0 Å². The van der Waals surface area contributed by atoms with Crippen LogP contribution in [0.15, 0.2) is 24.3 Å². The third-order valence-electron chi connectivity index (χ3n) is 5.20. The van der Waals surface area contributed by atoms with Crippen LogP contribution in [0.4, 0.5) is 0 Å². The molecule has 0 aromatic heterocycles. The van der Waals surface area contributed by atoms with E-state index in [1.54, 1.807) is 0 Å². The highest BCUT2D eigenvalue weighted by atomic mass is 35.5. The second-order valence-corrected chi connectivity index (χ2v) is 7.08. The summed E-state index contributed by atoms with van der Waals surface area (Å²) in [6.07, 6.45) is 2.23. The van der Waals surface area contributed by atoms with Crippen molar-refractivity contribution in [2.75, 3.05) is 45.8 Å². The molecule has 3 rings (SSSR count). The van der Waals surface area contributed by atoms with Crippen molar-refractivity contribution in [3.63, 3.8) is 0 Å². The number of amides is 2. The summed E-state index contributed by atoms with van der Waals surface area (Å²) in [4.78, 5) is 30.8. The summed E-state index contributed by atoms with van der Waals surface area (Å²) in [5.41, 5.74) is 8.15. The Morgan fingerprint density at radius 1 is 0.926 bits per heavy atom. The van der Waals surface area contributed by atoms with Crippen molar-refractivity contribution in [1.82, 2.24) is 14.7 Å². The number of nitrogens with two attached hydrogens (primary N) is 1. The van der Waals surface area contributed by atoms with Crippen molar-refractivity contribution in [2.45, 2.75) is 25.8 Å². The lowest BCUT2D eigenvalue weighted by Crippen LogP contribution is -2.53. The summed E-state index contributed by atoms with van der Waals surface area (Å²) in [6, 6.07) is 7.18. The van der Waals surface area contributed by atoms with E-state index in [9.17, 15) is 9.59 Å². The minimum Gasteiger partial charge on any atom is -0.342 e. The number of piperazine rings is 1. The van der Waals surface area contributed by atoms with Crippen molar-refractivity contribution < 1.29 is 9.59 Å². The fourth-order valence-corrected chi connectivity index (χ4v) is 3.50. The van der Waals surface area contributed by atoms with Crippen LogP contribution in [0.5, 0.6) is 0 Å². The highest BCUT2D eigenvalue weighted by molar-refractivity contribution is 5.85. The number of nitrogens with zero attached hydrogens (tertiary/aromatic N) is 3. The molecule has 2 amide bonds. The minimum atomic E-state index is -0.613. The maximum Gasteiger partial charge on any atom is 0.244 e. The Bertz CT molecular complexity index is 613. The van der Waals surface area contributed by atoms with Gasteiger partial charge in [0.25, 0.3) is 0 Å². The van der Waals surface area contributed by atoms with Crippen LogP contribution in [-0.4, -0.2) is 72.3 Å². The number of benzene rings is 1. The fraction of sp³-hybridized carbons (Fsp3) is 0.579. The lowest BCUT2D eigenvalue weighted by atomic mass is 10.0. The quantitative estimate of drug-likeness (QED) is 0.808. The van der Waals surface area contributed by atoms with Gasteiger partial charge < -0.3 is 15.5 Å². The average Bonchev–Trinajstić information content (AvgIpc) is 3.17. The van der Waals surface area contributed by atoms with Gasteiger partial charge in [-0.25, -0.2) is 0 Å². The highest BCUT2D eigenvalue weighted by Crippen LogP contribution is 2.16. The first-order valence-electron chi connectivity index (χ1n) is 9.15. The molecule has 2 heterocycles. The molecule has 152 valence electrons. The predicted molar refractivity (Wildman–Crippen MR) is 111 cm³/mol. The number of hydrogen-bond acceptors (Lipinski definition) is 4. The van der Waals surface area contributed by atoms with E-state index >= 15 is 0 Å². The Labute approximate surface area is 173 Å². The van der Waals surface area contributed by atoms with Gasteiger partial charge >= 0.3 is 0 Å². The molecule has 0 aliphatic carbocycles. The topological polar surface area (TPSA) is 69.9 Å². The molecule has 6 nitrogen and oxygen atoms in total. The molecule has 1 aromatic rings. The molecule has 0 bridgehead atoms. The van der Waals surface area contributed by atoms with Crippen molar-refractivity contribution in [3.05, 3.63) is 35.4 Å². The Kier molecular flexibility index (Phi) is 9.53. The number of likely N-dealkylation sites (tertiary alicyclic amines) is 1. The first-order valence-corrected chi connectivity index (χ1v) is 9.15. The first-order chi connectivity index (χ1) is 12.0. The van der Waals surface area contributed by atoms with Gasteiger partial charge in [-0.2, -0.15) is 0 Å². The molecule has 0 spiro atoms. The van der Waals surface area contributed by atoms with Crippen molar-refractivity contribution in [1.29, 1.82) is 0 Å². The Morgan fingerprint density at radius 2 is 1.48 bits per heavy atom. The summed E-state index contributed by atoms with van der Waals surface area (Å²) >= 11 is 0. The maximum atomic E-state index is 12.6. The van der Waals surface area contributed by atoms with Crippen LogP contribution in [0.3, 0.4) is 0 Å². The van der Waals surface area contributed by atoms with E-state index in [2.05, 4.69) is 4.90 Å². The van der Waals surface area contributed by atoms with E-state index in [0.717, 1.165) is 50.1 Å².